The van der Waals surface area contributed by atoms with Crippen LogP contribution in [0.25, 0.3) is 0 Å². The Morgan fingerprint density at radius 3 is 2.33 bits per heavy atom. The van der Waals surface area contributed by atoms with E-state index in [9.17, 15) is 0 Å². The Kier molecular flexibility index (Phi) is 4.55. The summed E-state index contributed by atoms with van der Waals surface area (Å²) in [4.78, 5) is 11.8. The van der Waals surface area contributed by atoms with Crippen molar-refractivity contribution in [1.29, 1.82) is 0 Å². The third-order valence-electron chi connectivity index (χ3n) is 4.87. The normalized spacial score (nSPS) is 19.0. The fourth-order valence-corrected chi connectivity index (χ4v) is 3.47. The number of nitrogens with zero attached hydrogens (tertiary/aromatic N) is 6. The van der Waals surface area contributed by atoms with E-state index in [0.29, 0.717) is 0 Å². The summed E-state index contributed by atoms with van der Waals surface area (Å²) in [6, 6.07) is 10.7. The quantitative estimate of drug-likeness (QED) is 0.855. The second-order valence-corrected chi connectivity index (χ2v) is 6.56. The summed E-state index contributed by atoms with van der Waals surface area (Å²) in [6.07, 6.45) is 4.25. The van der Waals surface area contributed by atoms with Crippen LogP contribution >= 0.6 is 0 Å². The summed E-state index contributed by atoms with van der Waals surface area (Å²) in [7, 11) is 0. The molecule has 0 aliphatic carbocycles. The zero-order valence-electron chi connectivity index (χ0n) is 14.0. The van der Waals surface area contributed by atoms with Crippen molar-refractivity contribution >= 4 is 11.8 Å². The average molecular weight is 324 g/mol. The molecule has 0 N–H and O–H groups in total. The lowest BCUT2D eigenvalue weighted by Gasteiger charge is -2.35. The van der Waals surface area contributed by atoms with Crippen LogP contribution in [0.15, 0.2) is 36.5 Å². The molecule has 2 aliphatic rings. The first-order valence-electron chi connectivity index (χ1n) is 8.84. The monoisotopic (exact) mass is 324 g/mol. The van der Waals surface area contributed by atoms with Crippen LogP contribution in [-0.4, -0.2) is 59.3 Å². The summed E-state index contributed by atoms with van der Waals surface area (Å²) >= 11 is 0. The Morgan fingerprint density at radius 1 is 0.833 bits per heavy atom. The third-order valence-corrected chi connectivity index (χ3v) is 4.87. The maximum absolute atomic E-state index is 4.75. The average Bonchev–Trinajstić information content (AvgIpc) is 3.18. The minimum absolute atomic E-state index is 0.789. The van der Waals surface area contributed by atoms with Gasteiger partial charge in [0.25, 0.3) is 0 Å². The van der Waals surface area contributed by atoms with Gasteiger partial charge in [0.05, 0.1) is 6.20 Å². The Balaban J connectivity index is 1.36. The molecule has 2 fully saturated rings. The molecule has 0 unspecified atom stereocenters. The zero-order valence-corrected chi connectivity index (χ0v) is 14.0. The molecule has 0 bridgehead atoms. The molecular weight excluding hydrogens is 300 g/mol. The van der Waals surface area contributed by atoms with Crippen molar-refractivity contribution in [2.75, 3.05) is 49.1 Å². The molecule has 1 aromatic heterocycles. The van der Waals surface area contributed by atoms with E-state index in [2.05, 4.69) is 55.2 Å². The van der Waals surface area contributed by atoms with Crippen LogP contribution in [0.2, 0.25) is 0 Å². The minimum atomic E-state index is 0.789. The summed E-state index contributed by atoms with van der Waals surface area (Å²) in [5, 5.41) is 8.40. The van der Waals surface area contributed by atoms with E-state index < -0.39 is 0 Å². The van der Waals surface area contributed by atoms with Crippen LogP contribution in [0.1, 0.15) is 18.4 Å². The molecule has 6 heteroatoms. The second kappa shape index (κ2) is 7.13. The van der Waals surface area contributed by atoms with Crippen LogP contribution in [0.4, 0.5) is 11.8 Å². The molecule has 3 heterocycles. The van der Waals surface area contributed by atoms with Crippen LogP contribution in [-0.2, 0) is 6.54 Å². The number of anilines is 2. The zero-order chi connectivity index (χ0) is 16.2. The Labute approximate surface area is 143 Å². The highest BCUT2D eigenvalue weighted by molar-refractivity contribution is 5.42. The molecule has 1 aromatic carbocycles. The van der Waals surface area contributed by atoms with Crippen LogP contribution in [0.5, 0.6) is 0 Å². The van der Waals surface area contributed by atoms with Crippen molar-refractivity contribution in [3.63, 3.8) is 0 Å². The summed E-state index contributed by atoms with van der Waals surface area (Å²) in [5.74, 6) is 1.75. The van der Waals surface area contributed by atoms with Crippen molar-refractivity contribution in [1.82, 2.24) is 20.1 Å². The molecule has 0 amide bonds. The van der Waals surface area contributed by atoms with Gasteiger partial charge in [-0.15, -0.1) is 5.10 Å². The van der Waals surface area contributed by atoms with Gasteiger partial charge in [-0.1, -0.05) is 30.3 Å². The number of hydrogen-bond acceptors (Lipinski definition) is 6. The summed E-state index contributed by atoms with van der Waals surface area (Å²) < 4.78 is 0. The largest absolute Gasteiger partial charge is 0.353 e. The lowest BCUT2D eigenvalue weighted by atomic mass is 10.2. The van der Waals surface area contributed by atoms with Crippen molar-refractivity contribution in [3.05, 3.63) is 42.1 Å². The van der Waals surface area contributed by atoms with E-state index in [1.54, 1.807) is 6.20 Å². The van der Waals surface area contributed by atoms with E-state index in [4.69, 9.17) is 4.98 Å². The van der Waals surface area contributed by atoms with Crippen molar-refractivity contribution in [2.24, 2.45) is 0 Å². The van der Waals surface area contributed by atoms with E-state index >= 15 is 0 Å². The van der Waals surface area contributed by atoms with Gasteiger partial charge < -0.3 is 9.80 Å². The van der Waals surface area contributed by atoms with Gasteiger partial charge in [0.1, 0.15) is 0 Å². The summed E-state index contributed by atoms with van der Waals surface area (Å²) in [6.45, 7) is 7.22. The van der Waals surface area contributed by atoms with Gasteiger partial charge in [0.15, 0.2) is 5.82 Å². The van der Waals surface area contributed by atoms with E-state index in [1.807, 2.05) is 0 Å². The first-order valence-corrected chi connectivity index (χ1v) is 8.84. The van der Waals surface area contributed by atoms with Gasteiger partial charge in [0.2, 0.25) is 5.95 Å². The Bertz CT molecular complexity index is 648. The molecule has 0 radical (unpaired) electrons. The van der Waals surface area contributed by atoms with Gasteiger partial charge in [-0.2, -0.15) is 10.1 Å². The Hall–Kier alpha value is -2.21. The standard InChI is InChI=1S/C18H24N6/c1-2-6-16(7-3-1)15-22-10-12-23(13-11-22)17-14-19-21-18(20-17)24-8-4-5-9-24/h1-3,6-7,14H,4-5,8-13,15H2. The van der Waals surface area contributed by atoms with E-state index in [1.165, 1.54) is 18.4 Å². The SMILES string of the molecule is c1ccc(CN2CCN(c3cnnc(N4CCCC4)n3)CC2)cc1. The number of benzene rings is 1. The van der Waals surface area contributed by atoms with Crippen molar-refractivity contribution in [2.45, 2.75) is 19.4 Å². The van der Waals surface area contributed by atoms with Crippen LogP contribution in [0, 0.1) is 0 Å². The molecule has 0 saturated carbocycles. The van der Waals surface area contributed by atoms with Gasteiger partial charge in [-0.25, -0.2) is 0 Å². The van der Waals surface area contributed by atoms with Gasteiger partial charge in [-0.05, 0) is 18.4 Å². The van der Waals surface area contributed by atoms with Gasteiger partial charge in [0, 0.05) is 45.8 Å². The smallest absolute Gasteiger partial charge is 0.247 e. The van der Waals surface area contributed by atoms with Gasteiger partial charge in [-0.3, -0.25) is 4.90 Å². The number of piperazine rings is 1. The molecule has 2 aliphatic heterocycles. The second-order valence-electron chi connectivity index (χ2n) is 6.56. The molecule has 2 aromatic rings. The van der Waals surface area contributed by atoms with Crippen molar-refractivity contribution < 1.29 is 0 Å². The first kappa shape index (κ1) is 15.3. The lowest BCUT2D eigenvalue weighted by Crippen LogP contribution is -2.46. The molecule has 24 heavy (non-hydrogen) atoms. The molecule has 0 atom stereocenters. The highest BCUT2D eigenvalue weighted by Gasteiger charge is 2.21. The minimum Gasteiger partial charge on any atom is -0.353 e. The maximum atomic E-state index is 4.75. The molecule has 4 rings (SSSR count). The lowest BCUT2D eigenvalue weighted by molar-refractivity contribution is 0.249. The molecule has 2 saturated heterocycles. The number of hydrogen-bond donors (Lipinski definition) is 0. The highest BCUT2D eigenvalue weighted by atomic mass is 15.4. The first-order chi connectivity index (χ1) is 11.9. The molecular formula is C18H24N6. The fourth-order valence-electron chi connectivity index (χ4n) is 3.47. The fraction of sp³-hybridized carbons (Fsp3) is 0.500. The van der Waals surface area contributed by atoms with Crippen LogP contribution in [0.3, 0.4) is 0 Å². The van der Waals surface area contributed by atoms with E-state index in [-0.39, 0.29) is 0 Å². The molecule has 0 spiro atoms. The topological polar surface area (TPSA) is 48.4 Å². The highest BCUT2D eigenvalue weighted by Crippen LogP contribution is 2.19. The van der Waals surface area contributed by atoms with E-state index in [0.717, 1.165) is 57.6 Å². The molecule has 126 valence electrons. The van der Waals surface area contributed by atoms with Crippen molar-refractivity contribution in [3.8, 4) is 0 Å². The number of aromatic nitrogens is 3. The summed E-state index contributed by atoms with van der Waals surface area (Å²) in [5.41, 5.74) is 1.38. The van der Waals surface area contributed by atoms with Gasteiger partial charge >= 0.3 is 0 Å². The molecule has 6 nitrogen and oxygen atoms in total. The van der Waals surface area contributed by atoms with Crippen LogP contribution < -0.4 is 9.80 Å². The predicted octanol–water partition coefficient (Wildman–Crippen LogP) is 1.79. The predicted molar refractivity (Wildman–Crippen MR) is 95.2 cm³/mol. The number of rotatable bonds is 4. The third kappa shape index (κ3) is 3.48. The Morgan fingerprint density at radius 2 is 1.58 bits per heavy atom. The maximum Gasteiger partial charge on any atom is 0.247 e.